The molecule has 0 aliphatic rings. The van der Waals surface area contributed by atoms with E-state index >= 15 is 0 Å². The van der Waals surface area contributed by atoms with Crippen LogP contribution in [0.2, 0.25) is 0 Å². The summed E-state index contributed by atoms with van der Waals surface area (Å²) >= 11 is 0. The van der Waals surface area contributed by atoms with Gasteiger partial charge in [0.1, 0.15) is 5.82 Å². The fourth-order valence-corrected chi connectivity index (χ4v) is 3.15. The highest BCUT2D eigenvalue weighted by molar-refractivity contribution is 7.89. The lowest BCUT2D eigenvalue weighted by atomic mass is 10.1. The number of nitrogens with one attached hydrogen (secondary N) is 1. The summed E-state index contributed by atoms with van der Waals surface area (Å²) in [7, 11) is -3.61. The van der Waals surface area contributed by atoms with Gasteiger partial charge < -0.3 is 5.32 Å². The van der Waals surface area contributed by atoms with Crippen LogP contribution >= 0.6 is 0 Å². The number of benzene rings is 2. The van der Waals surface area contributed by atoms with Crippen molar-refractivity contribution in [3.63, 3.8) is 0 Å². The van der Waals surface area contributed by atoms with E-state index in [1.54, 1.807) is 19.1 Å². The van der Waals surface area contributed by atoms with E-state index in [-0.39, 0.29) is 17.5 Å². The molecule has 1 aromatic heterocycles. The van der Waals surface area contributed by atoms with Gasteiger partial charge in [0.25, 0.3) is 10.0 Å². The van der Waals surface area contributed by atoms with Gasteiger partial charge in [0, 0.05) is 12.1 Å². The van der Waals surface area contributed by atoms with Crippen LogP contribution in [0.3, 0.4) is 0 Å². The number of halogens is 1. The second-order valence-corrected chi connectivity index (χ2v) is 7.94. The highest BCUT2D eigenvalue weighted by Crippen LogP contribution is 2.20. The van der Waals surface area contributed by atoms with E-state index in [1.807, 2.05) is 31.2 Å². The number of hydrogen-bond acceptors (Lipinski definition) is 5. The Bertz CT molecular complexity index is 997. The van der Waals surface area contributed by atoms with Gasteiger partial charge in [-0.15, -0.1) is 9.19 Å². The van der Waals surface area contributed by atoms with Gasteiger partial charge in [-0.2, -0.15) is 4.98 Å². The van der Waals surface area contributed by atoms with Crippen LogP contribution in [-0.2, 0) is 16.6 Å². The fraction of sp³-hybridized carbons (Fsp3) is 0.222. The molecule has 3 rings (SSSR count). The van der Waals surface area contributed by atoms with E-state index in [9.17, 15) is 12.8 Å². The predicted octanol–water partition coefficient (Wildman–Crippen LogP) is 3.20. The number of anilines is 1. The second kappa shape index (κ2) is 7.25. The Kier molecular flexibility index (Phi) is 5.03. The minimum Gasteiger partial charge on any atom is -0.349 e. The van der Waals surface area contributed by atoms with Crippen molar-refractivity contribution in [2.24, 2.45) is 0 Å². The Hall–Kier alpha value is -2.74. The molecule has 26 heavy (non-hydrogen) atoms. The molecule has 0 spiro atoms. The molecule has 0 fully saturated rings. The number of rotatable bonds is 6. The Morgan fingerprint density at radius 1 is 1.08 bits per heavy atom. The first-order valence-corrected chi connectivity index (χ1v) is 9.75. The first kappa shape index (κ1) is 18.1. The molecule has 136 valence electrons. The number of hydrogen-bond donors (Lipinski definition) is 1. The Morgan fingerprint density at radius 2 is 1.73 bits per heavy atom. The van der Waals surface area contributed by atoms with Crippen molar-refractivity contribution >= 4 is 16.0 Å². The second-order valence-electron chi connectivity index (χ2n) is 5.85. The number of aryl methyl sites for hydroxylation is 1. The zero-order valence-corrected chi connectivity index (χ0v) is 15.3. The monoisotopic (exact) mass is 374 g/mol. The molecule has 8 heteroatoms. The maximum atomic E-state index is 13.0. The van der Waals surface area contributed by atoms with Crippen molar-refractivity contribution in [1.82, 2.24) is 14.2 Å². The van der Waals surface area contributed by atoms with Crippen LogP contribution in [0.5, 0.6) is 0 Å². The summed E-state index contributed by atoms with van der Waals surface area (Å²) in [5, 5.41) is 7.15. The van der Waals surface area contributed by atoms with Crippen LogP contribution < -0.4 is 5.32 Å². The normalized spacial score (nSPS) is 11.5. The molecule has 0 saturated carbocycles. The minimum atomic E-state index is -3.61. The minimum absolute atomic E-state index is 0.102. The van der Waals surface area contributed by atoms with Gasteiger partial charge in [-0.3, -0.25) is 0 Å². The molecule has 0 amide bonds. The molecule has 0 unspecified atom stereocenters. The molecular weight excluding hydrogens is 355 g/mol. The van der Waals surface area contributed by atoms with Crippen LogP contribution in [0.25, 0.3) is 11.4 Å². The molecule has 2 aromatic carbocycles. The number of aromatic nitrogens is 3. The van der Waals surface area contributed by atoms with Crippen LogP contribution in [0.1, 0.15) is 18.1 Å². The molecular formula is C18H19FN4O2S. The molecule has 0 bridgehead atoms. The third-order valence-corrected chi connectivity index (χ3v) is 5.39. The molecule has 0 atom stereocenters. The average molecular weight is 374 g/mol. The van der Waals surface area contributed by atoms with Crippen LogP contribution in [0, 0.1) is 12.7 Å². The first-order chi connectivity index (χ1) is 12.4. The summed E-state index contributed by atoms with van der Waals surface area (Å²) in [5.41, 5.74) is 2.61. The van der Waals surface area contributed by atoms with E-state index in [1.165, 1.54) is 12.1 Å². The van der Waals surface area contributed by atoms with Gasteiger partial charge in [0.15, 0.2) is 5.82 Å². The molecule has 3 aromatic rings. The maximum Gasteiger partial charge on any atom is 0.256 e. The van der Waals surface area contributed by atoms with Gasteiger partial charge in [-0.05, 0) is 31.5 Å². The lowest BCUT2D eigenvalue weighted by Crippen LogP contribution is -2.19. The fourth-order valence-electron chi connectivity index (χ4n) is 2.33. The van der Waals surface area contributed by atoms with Crippen LogP contribution in [0.15, 0.2) is 48.5 Å². The third kappa shape index (κ3) is 3.91. The zero-order chi connectivity index (χ0) is 18.7. The highest BCUT2D eigenvalue weighted by Gasteiger charge is 2.20. The van der Waals surface area contributed by atoms with Crippen LogP contribution in [0.4, 0.5) is 10.3 Å². The maximum absolute atomic E-state index is 13.0. The smallest absolute Gasteiger partial charge is 0.256 e. The van der Waals surface area contributed by atoms with E-state index in [0.29, 0.717) is 12.4 Å². The molecule has 0 radical (unpaired) electrons. The summed E-state index contributed by atoms with van der Waals surface area (Å²) in [5.74, 6) is 0.0251. The highest BCUT2D eigenvalue weighted by atomic mass is 32.2. The summed E-state index contributed by atoms with van der Waals surface area (Å²) in [6.07, 6.45) is 0. The molecule has 1 N–H and O–H groups in total. The first-order valence-electron chi connectivity index (χ1n) is 8.14. The summed E-state index contributed by atoms with van der Waals surface area (Å²) < 4.78 is 38.6. The van der Waals surface area contributed by atoms with Gasteiger partial charge >= 0.3 is 0 Å². The van der Waals surface area contributed by atoms with Crippen molar-refractivity contribution in [3.8, 4) is 11.4 Å². The standard InChI is InChI=1S/C18H19FN4O2S/c1-3-26(24,25)23-18(20-12-14-6-10-16(19)11-7-14)21-17(22-23)15-8-4-13(2)5-9-15/h4-11H,3,12H2,1-2H3,(H,20,21,22). The van der Waals surface area contributed by atoms with E-state index < -0.39 is 10.0 Å². The van der Waals surface area contributed by atoms with E-state index in [0.717, 1.165) is 20.8 Å². The van der Waals surface area contributed by atoms with Crippen molar-refractivity contribution in [3.05, 3.63) is 65.5 Å². The molecule has 0 aliphatic heterocycles. The predicted molar refractivity (Wildman–Crippen MR) is 98.8 cm³/mol. The Morgan fingerprint density at radius 3 is 2.35 bits per heavy atom. The third-order valence-electron chi connectivity index (χ3n) is 3.88. The van der Waals surface area contributed by atoms with Crippen molar-refractivity contribution < 1.29 is 12.8 Å². The average Bonchev–Trinajstić information content (AvgIpc) is 3.07. The summed E-state index contributed by atoms with van der Waals surface area (Å²) in [6, 6.07) is 13.5. The number of nitrogens with zero attached hydrogens (tertiary/aromatic N) is 3. The largest absolute Gasteiger partial charge is 0.349 e. The zero-order valence-electron chi connectivity index (χ0n) is 14.5. The van der Waals surface area contributed by atoms with Crippen LogP contribution in [-0.4, -0.2) is 28.3 Å². The molecule has 0 aliphatic carbocycles. The lowest BCUT2D eigenvalue weighted by molar-refractivity contribution is 0.582. The summed E-state index contributed by atoms with van der Waals surface area (Å²) in [6.45, 7) is 3.81. The topological polar surface area (TPSA) is 76.9 Å². The summed E-state index contributed by atoms with van der Waals surface area (Å²) in [4.78, 5) is 4.34. The lowest BCUT2D eigenvalue weighted by Gasteiger charge is -2.07. The van der Waals surface area contributed by atoms with E-state index in [2.05, 4.69) is 15.4 Å². The molecule has 0 saturated heterocycles. The van der Waals surface area contributed by atoms with Gasteiger partial charge in [0.05, 0.1) is 5.75 Å². The molecule has 1 heterocycles. The Labute approximate surface area is 151 Å². The van der Waals surface area contributed by atoms with Crippen molar-refractivity contribution in [1.29, 1.82) is 0 Å². The van der Waals surface area contributed by atoms with Gasteiger partial charge in [-0.1, -0.05) is 42.0 Å². The molecule has 6 nitrogen and oxygen atoms in total. The Balaban J connectivity index is 1.94. The van der Waals surface area contributed by atoms with Crippen molar-refractivity contribution in [2.45, 2.75) is 20.4 Å². The quantitative estimate of drug-likeness (QED) is 0.717. The van der Waals surface area contributed by atoms with Gasteiger partial charge in [-0.25, -0.2) is 12.8 Å². The van der Waals surface area contributed by atoms with E-state index in [4.69, 9.17) is 0 Å². The SMILES string of the molecule is CCS(=O)(=O)n1nc(-c2ccc(C)cc2)nc1NCc1ccc(F)cc1. The van der Waals surface area contributed by atoms with Gasteiger partial charge in [0.2, 0.25) is 5.95 Å². The van der Waals surface area contributed by atoms with Crippen molar-refractivity contribution in [2.75, 3.05) is 11.1 Å².